The second kappa shape index (κ2) is 8.99. The van der Waals surface area contributed by atoms with Crippen LogP contribution in [-0.2, 0) is 21.7 Å². The minimum absolute atomic E-state index is 0.178. The van der Waals surface area contributed by atoms with Crippen molar-refractivity contribution in [2.24, 2.45) is 0 Å². The van der Waals surface area contributed by atoms with E-state index in [2.05, 4.69) is 115 Å². The van der Waals surface area contributed by atoms with Gasteiger partial charge in [0.05, 0.1) is 0 Å². The van der Waals surface area contributed by atoms with Crippen LogP contribution in [-0.4, -0.2) is 24.0 Å². The minimum Gasteiger partial charge on any atom is -0.257 e. The molecule has 1 aliphatic heterocycles. The summed E-state index contributed by atoms with van der Waals surface area (Å²) in [5, 5.41) is 0. The summed E-state index contributed by atoms with van der Waals surface area (Å²) in [6.07, 6.45) is 9.93. The summed E-state index contributed by atoms with van der Waals surface area (Å²) in [6.45, 7) is 24.4. The molecule has 1 heterocycles. The van der Waals surface area contributed by atoms with Crippen LogP contribution in [0.15, 0.2) is 36.4 Å². The van der Waals surface area contributed by atoms with Crippen molar-refractivity contribution in [2.75, 3.05) is 18.0 Å². The summed E-state index contributed by atoms with van der Waals surface area (Å²) in [5.41, 5.74) is 10.6. The van der Waals surface area contributed by atoms with E-state index in [1.165, 1.54) is 44.1 Å². The van der Waals surface area contributed by atoms with Gasteiger partial charge in [0.1, 0.15) is 24.8 Å². The fourth-order valence-electron chi connectivity index (χ4n) is 8.89. The van der Waals surface area contributed by atoms with E-state index in [0.29, 0.717) is 16.9 Å². The van der Waals surface area contributed by atoms with Gasteiger partial charge in [-0.1, -0.05) is 91.8 Å². The zero-order valence-electron chi connectivity index (χ0n) is 25.2. The zero-order chi connectivity index (χ0) is 26.8. The van der Waals surface area contributed by atoms with Crippen molar-refractivity contribution in [3.8, 4) is 0 Å². The number of hydrogen-bond donors (Lipinski definition) is 0. The molecule has 1 atom stereocenters. The van der Waals surface area contributed by atoms with Crippen LogP contribution in [0.3, 0.4) is 0 Å². The van der Waals surface area contributed by atoms with Gasteiger partial charge in [-0.3, -0.25) is 4.58 Å². The molecular formula is C35H51N2+. The minimum atomic E-state index is 0.178. The third-order valence-electron chi connectivity index (χ3n) is 11.0. The van der Waals surface area contributed by atoms with Gasteiger partial charge in [0.15, 0.2) is 0 Å². The van der Waals surface area contributed by atoms with Crippen molar-refractivity contribution < 1.29 is 4.58 Å². The fourth-order valence-corrected chi connectivity index (χ4v) is 8.89. The Kier molecular flexibility index (Phi) is 6.44. The Morgan fingerprint density at radius 2 is 1.27 bits per heavy atom. The van der Waals surface area contributed by atoms with Crippen LogP contribution < -0.4 is 4.90 Å². The van der Waals surface area contributed by atoms with E-state index in [4.69, 9.17) is 0 Å². The number of rotatable bonds is 7. The van der Waals surface area contributed by atoms with Crippen LogP contribution in [0.5, 0.6) is 0 Å². The topological polar surface area (TPSA) is 6.25 Å². The van der Waals surface area contributed by atoms with E-state index in [-0.39, 0.29) is 10.8 Å². The summed E-state index contributed by atoms with van der Waals surface area (Å²) < 4.78 is 2.57. The molecule has 0 saturated carbocycles. The van der Waals surface area contributed by atoms with E-state index in [0.717, 1.165) is 13.1 Å². The van der Waals surface area contributed by atoms with Crippen LogP contribution in [0.1, 0.15) is 135 Å². The van der Waals surface area contributed by atoms with Gasteiger partial charge in [-0.15, -0.1) is 0 Å². The molecule has 0 bridgehead atoms. The van der Waals surface area contributed by atoms with Crippen molar-refractivity contribution in [1.82, 2.24) is 0 Å². The normalized spacial score (nSPS) is 23.1. The summed E-state index contributed by atoms with van der Waals surface area (Å²) in [7, 11) is 0. The molecule has 2 aliphatic carbocycles. The first-order chi connectivity index (χ1) is 17.5. The van der Waals surface area contributed by atoms with Crippen molar-refractivity contribution >= 4 is 12.0 Å². The molecule has 2 aromatic carbocycles. The maximum Gasteiger partial charge on any atom is 0.240 e. The first-order valence-corrected chi connectivity index (χ1v) is 15.1. The Morgan fingerprint density at radius 1 is 0.784 bits per heavy atom. The summed E-state index contributed by atoms with van der Waals surface area (Å²) in [6, 6.07) is 14.2. The lowest BCUT2D eigenvalue weighted by Gasteiger charge is -2.32. The predicted molar refractivity (Wildman–Crippen MR) is 160 cm³/mol. The summed E-state index contributed by atoms with van der Waals surface area (Å²) >= 11 is 0. The number of anilines is 1. The van der Waals surface area contributed by atoms with Gasteiger partial charge < -0.3 is 0 Å². The second-order valence-corrected chi connectivity index (χ2v) is 13.8. The number of fused-ring (bicyclic) bond motifs is 2. The van der Waals surface area contributed by atoms with E-state index in [1.54, 1.807) is 27.9 Å². The Balaban J connectivity index is 1.78. The number of hydrogen-bond acceptors (Lipinski definition) is 1. The molecule has 0 unspecified atom stereocenters. The predicted octanol–water partition coefficient (Wildman–Crippen LogP) is 8.79. The van der Waals surface area contributed by atoms with Gasteiger partial charge >= 0.3 is 0 Å². The molecule has 2 nitrogen and oxygen atoms in total. The lowest BCUT2D eigenvalue weighted by Crippen LogP contribution is -2.28. The highest BCUT2D eigenvalue weighted by Gasteiger charge is 2.55. The molecule has 0 spiro atoms. The molecule has 0 N–H and O–H groups in total. The first kappa shape index (κ1) is 26.5. The third-order valence-corrected chi connectivity index (χ3v) is 11.0. The average molecular weight is 500 g/mol. The van der Waals surface area contributed by atoms with Crippen LogP contribution in [0.4, 0.5) is 5.69 Å². The van der Waals surface area contributed by atoms with Gasteiger partial charge in [0.2, 0.25) is 6.34 Å². The lowest BCUT2D eigenvalue weighted by atomic mass is 9.72. The highest BCUT2D eigenvalue weighted by Crippen LogP contribution is 2.63. The molecule has 2 aromatic rings. The fraction of sp³-hybridized carbons (Fsp3) is 0.629. The largest absolute Gasteiger partial charge is 0.257 e. The van der Waals surface area contributed by atoms with E-state index < -0.39 is 0 Å². The van der Waals surface area contributed by atoms with Crippen LogP contribution in [0, 0.1) is 0 Å². The van der Waals surface area contributed by atoms with Crippen molar-refractivity contribution in [1.29, 1.82) is 0 Å². The number of benzene rings is 2. The maximum atomic E-state index is 2.75. The van der Waals surface area contributed by atoms with Gasteiger partial charge in [0, 0.05) is 11.1 Å². The van der Waals surface area contributed by atoms with Gasteiger partial charge in [-0.05, 0) is 83.8 Å². The van der Waals surface area contributed by atoms with Gasteiger partial charge in [-0.2, -0.15) is 0 Å². The third kappa shape index (κ3) is 3.83. The van der Waals surface area contributed by atoms with Crippen LogP contribution in [0.2, 0.25) is 0 Å². The molecular weight excluding hydrogens is 448 g/mol. The van der Waals surface area contributed by atoms with E-state index in [9.17, 15) is 0 Å². The molecule has 37 heavy (non-hydrogen) atoms. The molecule has 0 fully saturated rings. The molecule has 0 radical (unpaired) electrons. The Morgan fingerprint density at radius 3 is 1.73 bits per heavy atom. The first-order valence-electron chi connectivity index (χ1n) is 15.1. The van der Waals surface area contributed by atoms with Crippen molar-refractivity contribution in [2.45, 2.75) is 129 Å². The maximum absolute atomic E-state index is 2.75. The summed E-state index contributed by atoms with van der Waals surface area (Å²) in [5.74, 6) is 0. The Hall–Kier alpha value is -2.09. The van der Waals surface area contributed by atoms with Crippen LogP contribution >= 0.6 is 0 Å². The van der Waals surface area contributed by atoms with Crippen LogP contribution in [0.25, 0.3) is 0 Å². The lowest BCUT2D eigenvalue weighted by molar-refractivity contribution is -0.555. The number of nitrogens with zero attached hydrogens (tertiary/aromatic N) is 2. The second-order valence-electron chi connectivity index (χ2n) is 13.8. The summed E-state index contributed by atoms with van der Waals surface area (Å²) in [4.78, 5) is 2.68. The average Bonchev–Trinajstić information content (AvgIpc) is 3.54. The van der Waals surface area contributed by atoms with Crippen molar-refractivity contribution in [3.63, 3.8) is 0 Å². The SMILES string of the molecule is CCC1(CC)CC(C)(C)c2c1cc1c(c2N2C=[N+]([C@H](C)c3ccccc3)CC2)C(C)(C)CC1(CC)CC. The smallest absolute Gasteiger partial charge is 0.240 e. The van der Waals surface area contributed by atoms with Crippen molar-refractivity contribution in [3.05, 3.63) is 64.2 Å². The Bertz CT molecular complexity index is 1140. The molecule has 0 amide bonds. The molecule has 0 aromatic heterocycles. The highest BCUT2D eigenvalue weighted by molar-refractivity contribution is 5.86. The van der Waals surface area contributed by atoms with E-state index >= 15 is 0 Å². The van der Waals surface area contributed by atoms with E-state index in [1.807, 2.05) is 0 Å². The molecule has 2 heteroatoms. The molecule has 3 aliphatic rings. The monoisotopic (exact) mass is 499 g/mol. The highest BCUT2D eigenvalue weighted by atomic mass is 15.3. The molecule has 0 saturated heterocycles. The molecule has 5 rings (SSSR count). The van der Waals surface area contributed by atoms with Gasteiger partial charge in [-0.25, -0.2) is 4.90 Å². The standard InChI is InChI=1S/C35H51N2/c1-10-34(11-2)22-32(6,7)29-27(34)21-28-30(33(8,9)23-35(28,12-3)13-4)31(29)37-20-19-36(24-37)25(5)26-17-15-14-16-18-26/h14-18,21,24-25H,10-13,19-20,22-23H2,1-9H3/q+1/t25-/m1/s1. The Labute approximate surface area is 227 Å². The molecule has 200 valence electrons. The zero-order valence-corrected chi connectivity index (χ0v) is 25.2. The van der Waals surface area contributed by atoms with Gasteiger partial charge in [0.25, 0.3) is 0 Å². The quantitative estimate of drug-likeness (QED) is 0.345.